The Morgan fingerprint density at radius 2 is 2.24 bits per heavy atom. The molecule has 1 N–H and O–H groups in total. The van der Waals surface area contributed by atoms with Crippen LogP contribution in [-0.2, 0) is 0 Å². The van der Waals surface area contributed by atoms with E-state index in [0.717, 1.165) is 0 Å². The molecular weight excluding hydrogens is 307 g/mol. The first kappa shape index (κ1) is 12.1. The second-order valence-electron chi connectivity index (χ2n) is 3.41. The van der Waals surface area contributed by atoms with Crippen LogP contribution in [0.4, 0.5) is 5.69 Å². The van der Waals surface area contributed by atoms with Gasteiger partial charge in [-0.1, -0.05) is 16.8 Å². The van der Waals surface area contributed by atoms with Gasteiger partial charge in [-0.05, 0) is 41.1 Å². The molecule has 17 heavy (non-hydrogen) atoms. The van der Waals surface area contributed by atoms with Crippen molar-refractivity contribution in [2.75, 3.05) is 5.32 Å². The van der Waals surface area contributed by atoms with Gasteiger partial charge in [0.15, 0.2) is 5.69 Å². The van der Waals surface area contributed by atoms with Crippen molar-refractivity contribution < 1.29 is 9.32 Å². The molecule has 0 saturated carbocycles. The lowest BCUT2D eigenvalue weighted by atomic mass is 10.3. The van der Waals surface area contributed by atoms with Gasteiger partial charge in [-0.2, -0.15) is 0 Å². The second-order valence-corrected chi connectivity index (χ2v) is 4.67. The van der Waals surface area contributed by atoms with Crippen LogP contribution in [0.5, 0.6) is 0 Å². The molecule has 0 aliphatic carbocycles. The zero-order valence-corrected chi connectivity index (χ0v) is 11.2. The normalized spacial score (nSPS) is 10.3. The fourth-order valence-corrected chi connectivity index (χ4v) is 1.74. The number of carbonyl (C=O) groups is 1. The van der Waals surface area contributed by atoms with Crippen LogP contribution in [0.15, 0.2) is 33.3 Å². The van der Waals surface area contributed by atoms with E-state index in [2.05, 4.69) is 26.4 Å². The number of halogens is 2. The molecular formula is C11H8BrClN2O2. The van der Waals surface area contributed by atoms with E-state index in [1.54, 1.807) is 31.2 Å². The summed E-state index contributed by atoms with van der Waals surface area (Å²) in [6, 6.07) is 6.68. The fraction of sp³-hybridized carbons (Fsp3) is 0.0909. The number of anilines is 1. The number of hydrogen-bond acceptors (Lipinski definition) is 3. The first-order valence-electron chi connectivity index (χ1n) is 4.76. The highest BCUT2D eigenvalue weighted by molar-refractivity contribution is 9.10. The van der Waals surface area contributed by atoms with Crippen molar-refractivity contribution in [2.24, 2.45) is 0 Å². The first-order chi connectivity index (χ1) is 8.06. The molecule has 88 valence electrons. The van der Waals surface area contributed by atoms with Gasteiger partial charge in [0.2, 0.25) is 0 Å². The average Bonchev–Trinajstić information content (AvgIpc) is 2.70. The van der Waals surface area contributed by atoms with E-state index in [-0.39, 0.29) is 11.6 Å². The van der Waals surface area contributed by atoms with Crippen LogP contribution in [-0.4, -0.2) is 11.1 Å². The highest BCUT2D eigenvalue weighted by Crippen LogP contribution is 2.25. The van der Waals surface area contributed by atoms with E-state index in [9.17, 15) is 4.79 Å². The Kier molecular flexibility index (Phi) is 3.49. The third-order valence-corrected chi connectivity index (χ3v) is 3.25. The highest BCUT2D eigenvalue weighted by atomic mass is 79.9. The van der Waals surface area contributed by atoms with Gasteiger partial charge in [-0.15, -0.1) is 0 Å². The molecule has 0 fully saturated rings. The summed E-state index contributed by atoms with van der Waals surface area (Å²) in [7, 11) is 0. The summed E-state index contributed by atoms with van der Waals surface area (Å²) in [5, 5.41) is 6.90. The van der Waals surface area contributed by atoms with Crippen LogP contribution < -0.4 is 5.32 Å². The van der Waals surface area contributed by atoms with Crippen LogP contribution in [0.2, 0.25) is 5.02 Å². The molecule has 0 aliphatic heterocycles. The molecule has 1 heterocycles. The monoisotopic (exact) mass is 314 g/mol. The minimum atomic E-state index is -0.323. The maximum Gasteiger partial charge on any atom is 0.277 e. The molecule has 2 aromatic rings. The third-order valence-electron chi connectivity index (χ3n) is 2.04. The quantitative estimate of drug-likeness (QED) is 0.920. The molecule has 2 rings (SSSR count). The van der Waals surface area contributed by atoms with Crippen molar-refractivity contribution in [2.45, 2.75) is 6.92 Å². The van der Waals surface area contributed by atoms with Gasteiger partial charge in [0.05, 0.1) is 5.02 Å². The third kappa shape index (κ3) is 2.87. The van der Waals surface area contributed by atoms with Crippen molar-refractivity contribution in [1.29, 1.82) is 0 Å². The summed E-state index contributed by atoms with van der Waals surface area (Å²) >= 11 is 9.13. The predicted molar refractivity (Wildman–Crippen MR) is 68.3 cm³/mol. The minimum Gasteiger partial charge on any atom is -0.361 e. The number of nitrogens with zero attached hydrogens (tertiary/aromatic N) is 1. The number of rotatable bonds is 2. The number of benzene rings is 1. The first-order valence-corrected chi connectivity index (χ1v) is 5.93. The number of amides is 1. The number of aromatic nitrogens is 1. The Morgan fingerprint density at radius 1 is 1.47 bits per heavy atom. The molecule has 0 atom stereocenters. The zero-order chi connectivity index (χ0) is 12.4. The van der Waals surface area contributed by atoms with Crippen molar-refractivity contribution in [3.8, 4) is 0 Å². The number of hydrogen-bond donors (Lipinski definition) is 1. The lowest BCUT2D eigenvalue weighted by molar-refractivity contribution is 0.101. The zero-order valence-electron chi connectivity index (χ0n) is 8.83. The van der Waals surface area contributed by atoms with Gasteiger partial charge >= 0.3 is 0 Å². The Hall–Kier alpha value is -1.33. The summed E-state index contributed by atoms with van der Waals surface area (Å²) < 4.78 is 5.54. The lowest BCUT2D eigenvalue weighted by Crippen LogP contribution is -2.12. The van der Waals surface area contributed by atoms with E-state index in [1.807, 2.05) is 0 Å². The molecule has 0 radical (unpaired) electrons. The second kappa shape index (κ2) is 4.89. The molecule has 4 nitrogen and oxygen atoms in total. The predicted octanol–water partition coefficient (Wildman–Crippen LogP) is 3.65. The average molecular weight is 316 g/mol. The Labute approximate surface area is 111 Å². The summed E-state index contributed by atoms with van der Waals surface area (Å²) in [4.78, 5) is 11.7. The van der Waals surface area contributed by atoms with Crippen molar-refractivity contribution in [3.63, 3.8) is 0 Å². The summed E-state index contributed by atoms with van der Waals surface area (Å²) in [5.74, 6) is 0.267. The lowest BCUT2D eigenvalue weighted by Gasteiger charge is -2.04. The Morgan fingerprint density at radius 3 is 2.82 bits per heavy atom. The molecule has 0 aliphatic rings. The standard InChI is InChI=1S/C11H8BrClN2O2/c1-6-4-10(15-17-6)11(16)14-7-2-3-9(13)8(12)5-7/h2-5H,1H3,(H,14,16). The molecule has 0 unspecified atom stereocenters. The van der Waals surface area contributed by atoms with Crippen LogP contribution in [0.1, 0.15) is 16.2 Å². The van der Waals surface area contributed by atoms with E-state index < -0.39 is 0 Å². The number of aryl methyl sites for hydroxylation is 1. The van der Waals surface area contributed by atoms with Gasteiger partial charge in [-0.3, -0.25) is 4.79 Å². The maximum atomic E-state index is 11.7. The summed E-state index contributed by atoms with van der Waals surface area (Å²) in [6.07, 6.45) is 0. The van der Waals surface area contributed by atoms with Gasteiger partial charge in [-0.25, -0.2) is 0 Å². The maximum absolute atomic E-state index is 11.7. The van der Waals surface area contributed by atoms with Crippen LogP contribution in [0.3, 0.4) is 0 Å². The van der Waals surface area contributed by atoms with Crippen molar-refractivity contribution in [3.05, 3.63) is 45.2 Å². The fourth-order valence-electron chi connectivity index (χ4n) is 1.24. The molecule has 6 heteroatoms. The summed E-state index contributed by atoms with van der Waals surface area (Å²) in [5.41, 5.74) is 0.875. The summed E-state index contributed by atoms with van der Waals surface area (Å²) in [6.45, 7) is 1.72. The van der Waals surface area contributed by atoms with Gasteiger partial charge in [0.25, 0.3) is 5.91 Å². The number of nitrogens with one attached hydrogen (secondary N) is 1. The molecule has 1 amide bonds. The van der Waals surface area contributed by atoms with Crippen molar-refractivity contribution >= 4 is 39.1 Å². The van der Waals surface area contributed by atoms with E-state index >= 15 is 0 Å². The molecule has 1 aromatic heterocycles. The van der Waals surface area contributed by atoms with Gasteiger partial charge in [0, 0.05) is 16.2 Å². The van der Waals surface area contributed by atoms with Gasteiger partial charge in [0.1, 0.15) is 5.76 Å². The highest BCUT2D eigenvalue weighted by Gasteiger charge is 2.11. The van der Waals surface area contributed by atoms with E-state index in [1.165, 1.54) is 0 Å². The molecule has 0 spiro atoms. The Balaban J connectivity index is 2.15. The van der Waals surface area contributed by atoms with E-state index in [4.69, 9.17) is 16.1 Å². The molecule has 1 aromatic carbocycles. The topological polar surface area (TPSA) is 55.1 Å². The van der Waals surface area contributed by atoms with Crippen LogP contribution in [0, 0.1) is 6.92 Å². The SMILES string of the molecule is Cc1cc(C(=O)Nc2ccc(Cl)c(Br)c2)no1. The van der Waals surface area contributed by atoms with Crippen LogP contribution >= 0.6 is 27.5 Å². The Bertz CT molecular complexity index is 568. The number of carbonyl (C=O) groups excluding carboxylic acids is 1. The van der Waals surface area contributed by atoms with Crippen molar-refractivity contribution in [1.82, 2.24) is 5.16 Å². The minimum absolute atomic E-state index is 0.244. The largest absolute Gasteiger partial charge is 0.361 e. The van der Waals surface area contributed by atoms with E-state index in [0.29, 0.717) is 20.9 Å². The van der Waals surface area contributed by atoms with Gasteiger partial charge < -0.3 is 9.84 Å². The smallest absolute Gasteiger partial charge is 0.277 e. The molecule has 0 bridgehead atoms. The van der Waals surface area contributed by atoms with Crippen LogP contribution in [0.25, 0.3) is 0 Å². The molecule has 0 saturated heterocycles.